The van der Waals surface area contributed by atoms with Crippen LogP contribution in [0.4, 0.5) is 10.1 Å². The van der Waals surface area contributed by atoms with Crippen molar-refractivity contribution in [2.24, 2.45) is 0 Å². The van der Waals surface area contributed by atoms with Gasteiger partial charge in [0.25, 0.3) is 0 Å². The number of hydrogen-bond acceptors (Lipinski definition) is 3. The Hall–Kier alpha value is -1.10. The number of rotatable bonds is 4. The van der Waals surface area contributed by atoms with Crippen molar-refractivity contribution in [1.82, 2.24) is 0 Å². The molecule has 1 aromatic rings. The quantitative estimate of drug-likeness (QED) is 0.828. The molecule has 3 nitrogen and oxygen atoms in total. The molecule has 0 aliphatic rings. The fraction of sp³-hybridized carbons (Fsp3) is 0.455. The Bertz CT molecular complexity index is 467. The highest BCUT2D eigenvalue weighted by Gasteiger charge is 2.24. The van der Waals surface area contributed by atoms with Crippen LogP contribution in [0.15, 0.2) is 23.1 Å². The Morgan fingerprint density at radius 2 is 1.88 bits per heavy atom. The van der Waals surface area contributed by atoms with E-state index in [1.165, 1.54) is 12.1 Å². The first-order valence-corrected chi connectivity index (χ1v) is 6.77. The predicted octanol–water partition coefficient (Wildman–Crippen LogP) is 2.37. The molecule has 16 heavy (non-hydrogen) atoms. The third kappa shape index (κ3) is 2.35. The number of benzene rings is 1. The Balaban J connectivity index is 3.22. The van der Waals surface area contributed by atoms with Gasteiger partial charge in [-0.25, -0.2) is 12.8 Å². The molecule has 90 valence electrons. The van der Waals surface area contributed by atoms with Gasteiger partial charge < -0.3 is 5.73 Å². The van der Waals surface area contributed by atoms with Gasteiger partial charge in [0.1, 0.15) is 5.82 Å². The normalized spacial score (nSPS) is 12.0. The Morgan fingerprint density at radius 3 is 2.31 bits per heavy atom. The molecule has 0 spiro atoms. The van der Waals surface area contributed by atoms with Crippen LogP contribution in [0, 0.1) is 5.82 Å². The zero-order chi connectivity index (χ0) is 12.3. The van der Waals surface area contributed by atoms with Gasteiger partial charge in [0.15, 0.2) is 9.84 Å². The van der Waals surface area contributed by atoms with Crippen LogP contribution in [0.1, 0.15) is 26.7 Å². The summed E-state index contributed by atoms with van der Waals surface area (Å²) in [6.07, 6.45) is 1.04. The number of hydrogen-bond donors (Lipinski definition) is 1. The second-order valence-corrected chi connectivity index (χ2v) is 5.89. The lowest BCUT2D eigenvalue weighted by Gasteiger charge is -2.14. The van der Waals surface area contributed by atoms with E-state index in [4.69, 9.17) is 5.73 Å². The molecule has 0 fully saturated rings. The molecule has 5 heteroatoms. The van der Waals surface area contributed by atoms with Crippen molar-refractivity contribution < 1.29 is 12.8 Å². The summed E-state index contributed by atoms with van der Waals surface area (Å²) in [4.78, 5) is 0.00731. The van der Waals surface area contributed by atoms with Gasteiger partial charge in [0.05, 0.1) is 15.8 Å². The fourth-order valence-electron chi connectivity index (χ4n) is 1.60. The van der Waals surface area contributed by atoms with E-state index in [1.54, 1.807) is 13.8 Å². The summed E-state index contributed by atoms with van der Waals surface area (Å²) in [5.41, 5.74) is 5.26. The summed E-state index contributed by atoms with van der Waals surface area (Å²) in [5.74, 6) is -0.688. The highest BCUT2D eigenvalue weighted by Crippen LogP contribution is 2.23. The summed E-state index contributed by atoms with van der Waals surface area (Å²) in [7, 11) is -3.44. The first-order chi connectivity index (χ1) is 7.43. The largest absolute Gasteiger partial charge is 0.396 e. The SMILES string of the molecule is CCC(CC)S(=O)(=O)c1ccc(N)c(F)c1. The van der Waals surface area contributed by atoms with Crippen molar-refractivity contribution in [3.63, 3.8) is 0 Å². The van der Waals surface area contributed by atoms with Crippen LogP contribution in [-0.4, -0.2) is 13.7 Å². The highest BCUT2D eigenvalue weighted by atomic mass is 32.2. The molecule has 0 aromatic heterocycles. The van der Waals surface area contributed by atoms with Crippen molar-refractivity contribution in [2.75, 3.05) is 5.73 Å². The lowest BCUT2D eigenvalue weighted by Crippen LogP contribution is -2.20. The van der Waals surface area contributed by atoms with Gasteiger partial charge in [0, 0.05) is 0 Å². The van der Waals surface area contributed by atoms with Gasteiger partial charge >= 0.3 is 0 Å². The standard InChI is InChI=1S/C11H16FNO2S/c1-3-8(4-2)16(14,15)9-5-6-11(13)10(12)7-9/h5-8H,3-4,13H2,1-2H3. The summed E-state index contributed by atoms with van der Waals surface area (Å²) >= 11 is 0. The van der Waals surface area contributed by atoms with Gasteiger partial charge in [-0.3, -0.25) is 0 Å². The van der Waals surface area contributed by atoms with E-state index in [2.05, 4.69) is 0 Å². The van der Waals surface area contributed by atoms with Gasteiger partial charge in [0.2, 0.25) is 0 Å². The Labute approximate surface area is 95.4 Å². The second-order valence-electron chi connectivity index (χ2n) is 3.67. The van der Waals surface area contributed by atoms with E-state index in [0.717, 1.165) is 6.07 Å². The number of nitrogens with two attached hydrogens (primary N) is 1. The van der Waals surface area contributed by atoms with Crippen LogP contribution in [0.25, 0.3) is 0 Å². The molecule has 1 aromatic carbocycles. The lowest BCUT2D eigenvalue weighted by atomic mass is 10.3. The molecule has 0 radical (unpaired) electrons. The summed E-state index contributed by atoms with van der Waals surface area (Å²) in [6, 6.07) is 3.62. The molecule has 0 unspecified atom stereocenters. The van der Waals surface area contributed by atoms with Crippen LogP contribution in [-0.2, 0) is 9.84 Å². The first-order valence-electron chi connectivity index (χ1n) is 5.22. The number of sulfone groups is 1. The van der Waals surface area contributed by atoms with Crippen LogP contribution in [0.2, 0.25) is 0 Å². The summed E-state index contributed by atoms with van der Waals surface area (Å²) in [5, 5.41) is -0.462. The average Bonchev–Trinajstić information content (AvgIpc) is 2.23. The molecule has 0 aliphatic carbocycles. The second kappa shape index (κ2) is 4.82. The zero-order valence-electron chi connectivity index (χ0n) is 9.40. The number of nitrogen functional groups attached to an aromatic ring is 1. The van der Waals surface area contributed by atoms with E-state index in [-0.39, 0.29) is 10.6 Å². The maximum absolute atomic E-state index is 13.2. The van der Waals surface area contributed by atoms with Crippen molar-refractivity contribution in [3.8, 4) is 0 Å². The first kappa shape index (κ1) is 13.0. The molecule has 0 saturated carbocycles. The maximum atomic E-state index is 13.2. The van der Waals surface area contributed by atoms with Crippen molar-refractivity contribution in [3.05, 3.63) is 24.0 Å². The van der Waals surface area contributed by atoms with E-state index in [1.807, 2.05) is 0 Å². The van der Waals surface area contributed by atoms with E-state index < -0.39 is 20.9 Å². The third-order valence-corrected chi connectivity index (χ3v) is 5.11. The van der Waals surface area contributed by atoms with Crippen LogP contribution >= 0.6 is 0 Å². The topological polar surface area (TPSA) is 60.2 Å². The Kier molecular flexibility index (Phi) is 3.91. The minimum atomic E-state index is -3.44. The molecule has 0 saturated heterocycles. The van der Waals surface area contributed by atoms with Crippen LogP contribution in [0.5, 0.6) is 0 Å². The maximum Gasteiger partial charge on any atom is 0.181 e. The van der Waals surface area contributed by atoms with Gasteiger partial charge in [-0.15, -0.1) is 0 Å². The zero-order valence-corrected chi connectivity index (χ0v) is 10.2. The smallest absolute Gasteiger partial charge is 0.181 e. The molecular weight excluding hydrogens is 229 g/mol. The van der Waals surface area contributed by atoms with Crippen molar-refractivity contribution >= 4 is 15.5 Å². The van der Waals surface area contributed by atoms with Gasteiger partial charge in [-0.1, -0.05) is 13.8 Å². The molecule has 1 rings (SSSR count). The van der Waals surface area contributed by atoms with Crippen molar-refractivity contribution in [2.45, 2.75) is 36.8 Å². The minimum Gasteiger partial charge on any atom is -0.396 e. The predicted molar refractivity (Wildman–Crippen MR) is 62.4 cm³/mol. The van der Waals surface area contributed by atoms with Crippen LogP contribution < -0.4 is 5.73 Å². The van der Waals surface area contributed by atoms with Gasteiger partial charge in [-0.05, 0) is 31.0 Å². The average molecular weight is 245 g/mol. The van der Waals surface area contributed by atoms with E-state index >= 15 is 0 Å². The van der Waals surface area contributed by atoms with Gasteiger partial charge in [-0.2, -0.15) is 0 Å². The highest BCUT2D eigenvalue weighted by molar-refractivity contribution is 7.92. The summed E-state index contributed by atoms with van der Waals surface area (Å²) in [6.45, 7) is 3.61. The molecule has 0 heterocycles. The summed E-state index contributed by atoms with van der Waals surface area (Å²) < 4.78 is 37.3. The molecule has 0 amide bonds. The third-order valence-electron chi connectivity index (χ3n) is 2.65. The molecule has 2 N–H and O–H groups in total. The van der Waals surface area contributed by atoms with Crippen molar-refractivity contribution in [1.29, 1.82) is 0 Å². The lowest BCUT2D eigenvalue weighted by molar-refractivity contribution is 0.568. The minimum absolute atomic E-state index is 0.00731. The molecule has 0 aliphatic heterocycles. The Morgan fingerprint density at radius 1 is 1.31 bits per heavy atom. The number of halogens is 1. The van der Waals surface area contributed by atoms with Crippen LogP contribution in [0.3, 0.4) is 0 Å². The molecular formula is C11H16FNO2S. The molecule has 0 atom stereocenters. The monoisotopic (exact) mass is 245 g/mol. The van der Waals surface area contributed by atoms with E-state index in [9.17, 15) is 12.8 Å². The number of anilines is 1. The molecule has 0 bridgehead atoms. The fourth-order valence-corrected chi connectivity index (χ4v) is 3.39. The van der Waals surface area contributed by atoms with E-state index in [0.29, 0.717) is 12.8 Å².